The van der Waals surface area contributed by atoms with Gasteiger partial charge in [0.1, 0.15) is 0 Å². The molecule has 0 aromatic heterocycles. The van der Waals surface area contributed by atoms with Gasteiger partial charge < -0.3 is 4.74 Å². The first-order valence-electron chi connectivity index (χ1n) is 7.98. The maximum atomic E-state index is 12.6. The molecule has 6 heteroatoms. The maximum absolute atomic E-state index is 12.6. The van der Waals surface area contributed by atoms with E-state index in [2.05, 4.69) is 11.8 Å². The third-order valence-corrected chi connectivity index (χ3v) is 6.52. The van der Waals surface area contributed by atoms with Crippen LogP contribution in [-0.2, 0) is 21.3 Å². The minimum atomic E-state index is -3.38. The van der Waals surface area contributed by atoms with Gasteiger partial charge in [0.15, 0.2) is 0 Å². The molecule has 0 saturated carbocycles. The zero-order valence-electron chi connectivity index (χ0n) is 13.1. The van der Waals surface area contributed by atoms with Gasteiger partial charge in [0.05, 0.1) is 18.1 Å². The molecular weight excluding hydrogens is 300 g/mol. The second-order valence-corrected chi connectivity index (χ2v) is 8.06. The Bertz CT molecular complexity index is 594. The number of hydrogen-bond acceptors (Lipinski definition) is 4. The Hall–Kier alpha value is -0.950. The fourth-order valence-corrected chi connectivity index (χ4v) is 4.57. The van der Waals surface area contributed by atoms with Crippen LogP contribution in [0.3, 0.4) is 0 Å². The van der Waals surface area contributed by atoms with Crippen molar-refractivity contribution in [2.75, 3.05) is 32.8 Å². The summed E-state index contributed by atoms with van der Waals surface area (Å²) in [6, 6.07) is 7.98. The lowest BCUT2D eigenvalue weighted by Crippen LogP contribution is -2.40. The van der Waals surface area contributed by atoms with E-state index in [1.165, 1.54) is 22.7 Å². The zero-order valence-corrected chi connectivity index (χ0v) is 13.9. The Balaban J connectivity index is 1.70. The van der Waals surface area contributed by atoms with Gasteiger partial charge in [-0.1, -0.05) is 12.1 Å². The normalized spacial score (nSPS) is 24.7. The van der Waals surface area contributed by atoms with Crippen LogP contribution in [0.1, 0.15) is 25.3 Å². The first-order chi connectivity index (χ1) is 10.6. The minimum absolute atomic E-state index is 0.382. The van der Waals surface area contributed by atoms with Crippen LogP contribution >= 0.6 is 0 Å². The number of ether oxygens (including phenoxy) is 1. The number of hydrogen-bond donors (Lipinski definition) is 0. The van der Waals surface area contributed by atoms with Gasteiger partial charge in [-0.2, -0.15) is 4.31 Å². The van der Waals surface area contributed by atoms with E-state index in [-0.39, 0.29) is 0 Å². The van der Waals surface area contributed by atoms with Gasteiger partial charge in [-0.3, -0.25) is 4.90 Å². The Kier molecular flexibility index (Phi) is 4.82. The number of likely N-dealkylation sites (tertiary alicyclic amines) is 1. The smallest absolute Gasteiger partial charge is 0.243 e. The van der Waals surface area contributed by atoms with Gasteiger partial charge in [-0.05, 0) is 44.0 Å². The highest BCUT2D eigenvalue weighted by Crippen LogP contribution is 2.21. The molecule has 0 spiro atoms. The van der Waals surface area contributed by atoms with Crippen LogP contribution in [0.15, 0.2) is 29.2 Å². The van der Waals surface area contributed by atoms with Crippen LogP contribution in [0.2, 0.25) is 0 Å². The average Bonchev–Trinajstić information content (AvgIpc) is 2.94. The van der Waals surface area contributed by atoms with Crippen LogP contribution in [0.25, 0.3) is 0 Å². The van der Waals surface area contributed by atoms with Gasteiger partial charge in [-0.25, -0.2) is 8.42 Å². The van der Waals surface area contributed by atoms with Crippen molar-refractivity contribution >= 4 is 10.0 Å². The van der Waals surface area contributed by atoms with Crippen molar-refractivity contribution in [1.82, 2.24) is 9.21 Å². The molecule has 0 bridgehead atoms. The van der Waals surface area contributed by atoms with Crippen molar-refractivity contribution in [3.05, 3.63) is 29.8 Å². The second kappa shape index (κ2) is 6.66. The molecule has 0 aliphatic carbocycles. The highest BCUT2D eigenvalue weighted by Gasteiger charge is 2.26. The van der Waals surface area contributed by atoms with E-state index >= 15 is 0 Å². The molecule has 1 aromatic carbocycles. The van der Waals surface area contributed by atoms with Crippen molar-refractivity contribution in [3.8, 4) is 0 Å². The first kappa shape index (κ1) is 15.9. The first-order valence-corrected chi connectivity index (χ1v) is 9.42. The van der Waals surface area contributed by atoms with Crippen molar-refractivity contribution < 1.29 is 13.2 Å². The molecule has 1 atom stereocenters. The lowest BCUT2D eigenvalue weighted by atomic mass is 10.2. The lowest BCUT2D eigenvalue weighted by Gasteiger charge is -2.26. The molecule has 2 heterocycles. The molecule has 5 nitrogen and oxygen atoms in total. The molecule has 0 N–H and O–H groups in total. The van der Waals surface area contributed by atoms with Crippen LogP contribution < -0.4 is 0 Å². The SMILES string of the molecule is CC1CCCN1Cc1ccc(S(=O)(=O)N2CCOCC2)cc1. The van der Waals surface area contributed by atoms with E-state index in [1.807, 2.05) is 12.1 Å². The highest BCUT2D eigenvalue weighted by atomic mass is 32.2. The van der Waals surface area contributed by atoms with Gasteiger partial charge in [-0.15, -0.1) is 0 Å². The van der Waals surface area contributed by atoms with Crippen molar-refractivity contribution in [2.24, 2.45) is 0 Å². The summed E-state index contributed by atoms with van der Waals surface area (Å²) in [4.78, 5) is 2.83. The van der Waals surface area contributed by atoms with Crippen molar-refractivity contribution in [2.45, 2.75) is 37.2 Å². The van der Waals surface area contributed by atoms with E-state index < -0.39 is 10.0 Å². The van der Waals surface area contributed by atoms with Gasteiger partial charge >= 0.3 is 0 Å². The molecular formula is C16H24N2O3S. The Morgan fingerprint density at radius 1 is 1.14 bits per heavy atom. The molecule has 22 heavy (non-hydrogen) atoms. The Labute approximate surface area is 132 Å². The average molecular weight is 324 g/mol. The summed E-state index contributed by atoms with van der Waals surface area (Å²) in [6.45, 7) is 6.12. The third-order valence-electron chi connectivity index (χ3n) is 4.61. The van der Waals surface area contributed by atoms with E-state index in [1.54, 1.807) is 12.1 Å². The molecule has 2 fully saturated rings. The van der Waals surface area contributed by atoms with Crippen LogP contribution in [-0.4, -0.2) is 56.5 Å². The number of sulfonamides is 1. The lowest BCUT2D eigenvalue weighted by molar-refractivity contribution is 0.0730. The van der Waals surface area contributed by atoms with E-state index in [0.717, 1.165) is 13.1 Å². The fraction of sp³-hybridized carbons (Fsp3) is 0.625. The predicted molar refractivity (Wildman–Crippen MR) is 85.1 cm³/mol. The quantitative estimate of drug-likeness (QED) is 0.846. The number of nitrogens with zero attached hydrogens (tertiary/aromatic N) is 2. The summed E-state index contributed by atoms with van der Waals surface area (Å²) in [5.41, 5.74) is 1.18. The number of rotatable bonds is 4. The Morgan fingerprint density at radius 2 is 1.82 bits per heavy atom. The molecule has 2 saturated heterocycles. The summed E-state index contributed by atoms with van der Waals surface area (Å²) in [5.74, 6) is 0. The molecule has 0 amide bonds. The summed E-state index contributed by atoms with van der Waals surface area (Å²) in [5, 5.41) is 0. The van der Waals surface area contributed by atoms with Crippen LogP contribution in [0.4, 0.5) is 0 Å². The predicted octanol–water partition coefficient (Wildman–Crippen LogP) is 1.69. The highest BCUT2D eigenvalue weighted by molar-refractivity contribution is 7.89. The second-order valence-electron chi connectivity index (χ2n) is 6.12. The van der Waals surface area contributed by atoms with Crippen molar-refractivity contribution in [3.63, 3.8) is 0 Å². The molecule has 2 aliphatic rings. The minimum Gasteiger partial charge on any atom is -0.379 e. The summed E-state index contributed by atoms with van der Waals surface area (Å²) in [7, 11) is -3.38. The van der Waals surface area contributed by atoms with Gasteiger partial charge in [0, 0.05) is 25.7 Å². The molecule has 1 unspecified atom stereocenters. The summed E-state index contributed by atoms with van der Waals surface area (Å²) in [6.07, 6.45) is 2.51. The largest absolute Gasteiger partial charge is 0.379 e. The molecule has 0 radical (unpaired) electrons. The molecule has 1 aromatic rings. The van der Waals surface area contributed by atoms with E-state index in [0.29, 0.717) is 37.2 Å². The molecule has 122 valence electrons. The van der Waals surface area contributed by atoms with Crippen LogP contribution in [0, 0.1) is 0 Å². The summed E-state index contributed by atoms with van der Waals surface area (Å²) < 4.78 is 31.8. The van der Waals surface area contributed by atoms with Gasteiger partial charge in [0.25, 0.3) is 0 Å². The number of morpholine rings is 1. The maximum Gasteiger partial charge on any atom is 0.243 e. The van der Waals surface area contributed by atoms with Gasteiger partial charge in [0.2, 0.25) is 10.0 Å². The Morgan fingerprint density at radius 3 is 2.41 bits per heavy atom. The number of benzene rings is 1. The monoisotopic (exact) mass is 324 g/mol. The third kappa shape index (κ3) is 3.35. The molecule has 3 rings (SSSR count). The van der Waals surface area contributed by atoms with E-state index in [9.17, 15) is 8.42 Å². The van der Waals surface area contributed by atoms with Crippen LogP contribution in [0.5, 0.6) is 0 Å². The summed E-state index contributed by atoms with van der Waals surface area (Å²) >= 11 is 0. The van der Waals surface area contributed by atoms with Crippen molar-refractivity contribution in [1.29, 1.82) is 0 Å². The fourth-order valence-electron chi connectivity index (χ4n) is 3.17. The standard InChI is InChI=1S/C16H24N2O3S/c1-14-3-2-8-17(14)13-15-4-6-16(7-5-15)22(19,20)18-9-11-21-12-10-18/h4-7,14H,2-3,8-13H2,1H3. The topological polar surface area (TPSA) is 49.9 Å². The zero-order chi connectivity index (χ0) is 15.6. The molecule has 2 aliphatic heterocycles. The van der Waals surface area contributed by atoms with E-state index in [4.69, 9.17) is 4.74 Å².